The second-order valence-corrected chi connectivity index (χ2v) is 5.91. The number of aromatic nitrogens is 1. The van der Waals surface area contributed by atoms with Crippen LogP contribution in [0.15, 0.2) is 30.5 Å². The zero-order chi connectivity index (χ0) is 14.5. The van der Waals surface area contributed by atoms with Gasteiger partial charge in [-0.15, -0.1) is 0 Å². The molecule has 0 fully saturated rings. The predicted molar refractivity (Wildman–Crippen MR) is 85.2 cm³/mol. The lowest BCUT2D eigenvalue weighted by molar-refractivity contribution is -0.109. The molecular weight excluding hydrogens is 294 g/mol. The topological polar surface area (TPSA) is 50.2 Å². The van der Waals surface area contributed by atoms with Crippen LogP contribution < -0.4 is 0 Å². The van der Waals surface area contributed by atoms with Crippen molar-refractivity contribution >= 4 is 45.5 Å². The van der Waals surface area contributed by atoms with Gasteiger partial charge in [-0.1, -0.05) is 35.5 Å². The maximum atomic E-state index is 10.8. The summed E-state index contributed by atoms with van der Waals surface area (Å²) in [6.07, 6.45) is 6.09. The second-order valence-electron chi connectivity index (χ2n) is 4.23. The van der Waals surface area contributed by atoms with Crippen molar-refractivity contribution in [3.63, 3.8) is 0 Å². The molecule has 0 spiro atoms. The van der Waals surface area contributed by atoms with Crippen LogP contribution in [0.1, 0.15) is 18.9 Å². The van der Waals surface area contributed by atoms with Gasteiger partial charge in [-0.25, -0.2) is 0 Å². The van der Waals surface area contributed by atoms with Gasteiger partial charge in [0.25, 0.3) is 0 Å². The first-order valence-electron chi connectivity index (χ1n) is 6.15. The summed E-state index contributed by atoms with van der Waals surface area (Å²) in [7, 11) is 0. The summed E-state index contributed by atoms with van der Waals surface area (Å²) in [4.78, 5) is 14.9. The molecule has 0 radical (unpaired) electrons. The predicted octanol–water partition coefficient (Wildman–Crippen LogP) is 4.28. The van der Waals surface area contributed by atoms with E-state index in [0.717, 1.165) is 17.6 Å². The highest BCUT2D eigenvalue weighted by molar-refractivity contribution is 8.13. The van der Waals surface area contributed by atoms with Gasteiger partial charge in [0.15, 0.2) is 5.12 Å². The lowest BCUT2D eigenvalue weighted by atomic mass is 10.1. The molecule has 3 nitrogen and oxygen atoms in total. The fourth-order valence-electron chi connectivity index (χ4n) is 1.81. The molecule has 2 rings (SSSR count). The van der Waals surface area contributed by atoms with Crippen molar-refractivity contribution in [3.8, 4) is 5.75 Å². The molecule has 1 aromatic carbocycles. The summed E-state index contributed by atoms with van der Waals surface area (Å²) in [5.74, 6) is 0.854. The first kappa shape index (κ1) is 14.9. The number of benzene rings is 1. The Morgan fingerprint density at radius 1 is 1.55 bits per heavy atom. The summed E-state index contributed by atoms with van der Waals surface area (Å²) >= 11 is 7.47. The maximum absolute atomic E-state index is 10.8. The zero-order valence-electron chi connectivity index (χ0n) is 11.0. The lowest BCUT2D eigenvalue weighted by Gasteiger charge is -2.05. The molecule has 20 heavy (non-hydrogen) atoms. The smallest absolute Gasteiger partial charge is 0.185 e. The zero-order valence-corrected chi connectivity index (χ0v) is 12.5. The standard InChI is InChI=1S/C15H14ClNO2S/c1-10(18)20-8-3-2-5-11-9-13(16)12-6-4-7-17-14(12)15(11)19/h2,4-7,9,19H,3,8H2,1H3. The minimum Gasteiger partial charge on any atom is -0.505 e. The number of carbonyl (C=O) groups excluding carboxylic acids is 1. The molecule has 104 valence electrons. The molecule has 0 saturated carbocycles. The van der Waals surface area contributed by atoms with Crippen molar-refractivity contribution in [1.82, 2.24) is 4.98 Å². The van der Waals surface area contributed by atoms with Gasteiger partial charge in [-0.2, -0.15) is 0 Å². The summed E-state index contributed by atoms with van der Waals surface area (Å²) in [6, 6.07) is 5.32. The molecule has 0 aliphatic rings. The van der Waals surface area contributed by atoms with Crippen LogP contribution in [-0.2, 0) is 4.79 Å². The minimum atomic E-state index is 0.110. The Morgan fingerprint density at radius 3 is 3.10 bits per heavy atom. The summed E-state index contributed by atoms with van der Waals surface area (Å²) in [5, 5.41) is 11.6. The number of hydrogen-bond acceptors (Lipinski definition) is 4. The normalized spacial score (nSPS) is 11.3. The van der Waals surface area contributed by atoms with Gasteiger partial charge in [0.2, 0.25) is 0 Å². The number of thioether (sulfide) groups is 1. The Bertz CT molecular complexity index is 670. The first-order chi connectivity index (χ1) is 9.59. The monoisotopic (exact) mass is 307 g/mol. The highest BCUT2D eigenvalue weighted by atomic mass is 35.5. The Hall–Kier alpha value is -1.52. The van der Waals surface area contributed by atoms with E-state index in [-0.39, 0.29) is 10.9 Å². The first-order valence-corrected chi connectivity index (χ1v) is 7.52. The van der Waals surface area contributed by atoms with Gasteiger partial charge in [0.05, 0.1) is 5.02 Å². The van der Waals surface area contributed by atoms with E-state index in [0.29, 0.717) is 16.1 Å². The molecule has 1 N–H and O–H groups in total. The number of rotatable bonds is 4. The molecule has 2 aromatic rings. The highest BCUT2D eigenvalue weighted by Crippen LogP contribution is 2.33. The molecule has 1 heterocycles. The van der Waals surface area contributed by atoms with Crippen LogP contribution in [0.4, 0.5) is 0 Å². The largest absolute Gasteiger partial charge is 0.505 e. The molecular formula is C15H14ClNO2S. The minimum absolute atomic E-state index is 0.110. The Labute approximate surface area is 126 Å². The third-order valence-electron chi connectivity index (χ3n) is 2.73. The van der Waals surface area contributed by atoms with Crippen molar-refractivity contribution in [2.75, 3.05) is 5.75 Å². The molecule has 0 aliphatic carbocycles. The van der Waals surface area contributed by atoms with E-state index in [9.17, 15) is 9.90 Å². The number of carbonyl (C=O) groups is 1. The second kappa shape index (κ2) is 6.77. The van der Waals surface area contributed by atoms with Crippen molar-refractivity contribution < 1.29 is 9.90 Å². The van der Waals surface area contributed by atoms with Crippen LogP contribution >= 0.6 is 23.4 Å². The Kier molecular flexibility index (Phi) is 5.04. The number of phenolic OH excluding ortho intramolecular Hbond substituents is 1. The van der Waals surface area contributed by atoms with E-state index in [1.54, 1.807) is 31.3 Å². The molecule has 5 heteroatoms. The van der Waals surface area contributed by atoms with Gasteiger partial charge in [0.1, 0.15) is 11.3 Å². The van der Waals surface area contributed by atoms with Crippen molar-refractivity contribution in [1.29, 1.82) is 0 Å². The van der Waals surface area contributed by atoms with Gasteiger partial charge in [0, 0.05) is 29.8 Å². The van der Waals surface area contributed by atoms with E-state index in [2.05, 4.69) is 4.98 Å². The average molecular weight is 308 g/mol. The van der Waals surface area contributed by atoms with Crippen LogP contribution in [0.25, 0.3) is 17.0 Å². The lowest BCUT2D eigenvalue weighted by Crippen LogP contribution is -1.85. The third-order valence-corrected chi connectivity index (χ3v) is 3.89. The van der Waals surface area contributed by atoms with E-state index in [1.807, 2.05) is 12.1 Å². The van der Waals surface area contributed by atoms with Crippen LogP contribution in [0.3, 0.4) is 0 Å². The summed E-state index contributed by atoms with van der Waals surface area (Å²) < 4.78 is 0. The van der Waals surface area contributed by atoms with Gasteiger partial charge in [-0.05, 0) is 24.6 Å². The van der Waals surface area contributed by atoms with E-state index in [1.165, 1.54) is 11.8 Å². The van der Waals surface area contributed by atoms with Crippen molar-refractivity contribution in [3.05, 3.63) is 41.1 Å². The quantitative estimate of drug-likeness (QED) is 0.857. The summed E-state index contributed by atoms with van der Waals surface area (Å²) in [5.41, 5.74) is 1.13. The molecule has 0 unspecified atom stereocenters. The number of pyridine rings is 1. The average Bonchev–Trinajstić information content (AvgIpc) is 2.43. The molecule has 1 aromatic heterocycles. The molecule has 0 atom stereocenters. The Morgan fingerprint density at radius 2 is 2.35 bits per heavy atom. The fourth-order valence-corrected chi connectivity index (χ4v) is 2.63. The molecule has 0 aliphatic heterocycles. The Balaban J connectivity index is 2.20. The number of hydrogen-bond donors (Lipinski definition) is 1. The summed E-state index contributed by atoms with van der Waals surface area (Å²) in [6.45, 7) is 1.55. The maximum Gasteiger partial charge on any atom is 0.185 e. The molecule has 0 amide bonds. The van der Waals surface area contributed by atoms with Crippen molar-refractivity contribution in [2.45, 2.75) is 13.3 Å². The number of aromatic hydroxyl groups is 1. The number of fused-ring (bicyclic) bond motifs is 1. The number of allylic oxidation sites excluding steroid dienone is 1. The van der Waals surface area contributed by atoms with Crippen LogP contribution in [0.5, 0.6) is 5.75 Å². The number of nitrogens with zero attached hydrogens (tertiary/aromatic N) is 1. The van der Waals surface area contributed by atoms with E-state index in [4.69, 9.17) is 11.6 Å². The van der Waals surface area contributed by atoms with Crippen LogP contribution in [-0.4, -0.2) is 21.0 Å². The van der Waals surface area contributed by atoms with Gasteiger partial charge < -0.3 is 5.11 Å². The van der Waals surface area contributed by atoms with E-state index >= 15 is 0 Å². The number of halogens is 1. The number of phenols is 1. The fraction of sp³-hybridized carbons (Fsp3) is 0.200. The highest BCUT2D eigenvalue weighted by Gasteiger charge is 2.09. The molecule has 0 saturated heterocycles. The molecule has 0 bridgehead atoms. The van der Waals surface area contributed by atoms with Crippen LogP contribution in [0.2, 0.25) is 5.02 Å². The van der Waals surface area contributed by atoms with Crippen LogP contribution in [0, 0.1) is 0 Å². The third kappa shape index (κ3) is 3.52. The van der Waals surface area contributed by atoms with Gasteiger partial charge >= 0.3 is 0 Å². The SMILES string of the molecule is CC(=O)SCCC=Cc1cc(Cl)c2cccnc2c1O. The van der Waals surface area contributed by atoms with Gasteiger partial charge in [-0.3, -0.25) is 9.78 Å². The van der Waals surface area contributed by atoms with Crippen molar-refractivity contribution in [2.24, 2.45) is 0 Å². The van der Waals surface area contributed by atoms with E-state index < -0.39 is 0 Å².